The highest BCUT2D eigenvalue weighted by molar-refractivity contribution is 6.31. The molecule has 2 N–H and O–H groups in total. The van der Waals surface area contributed by atoms with Crippen molar-refractivity contribution in [2.75, 3.05) is 75.8 Å². The van der Waals surface area contributed by atoms with Gasteiger partial charge in [-0.2, -0.15) is 13.2 Å². The quantitative estimate of drug-likeness (QED) is 0.437. The third kappa shape index (κ3) is 8.53. The Kier molecular flexibility index (Phi) is 10.2. The zero-order valence-electron chi connectivity index (χ0n) is 21.9. The molecule has 8 nitrogen and oxygen atoms in total. The summed E-state index contributed by atoms with van der Waals surface area (Å²) in [4.78, 5) is 30.6. The summed E-state index contributed by atoms with van der Waals surface area (Å²) in [6, 6.07) is 9.15. The molecule has 0 atom stereocenters. The van der Waals surface area contributed by atoms with Crippen molar-refractivity contribution in [1.29, 1.82) is 0 Å². The fraction of sp³-hybridized carbons (Fsp3) is 0.481. The van der Waals surface area contributed by atoms with Gasteiger partial charge in [-0.05, 0) is 35.9 Å². The fourth-order valence-corrected chi connectivity index (χ4v) is 4.82. The van der Waals surface area contributed by atoms with Gasteiger partial charge in [-0.15, -0.1) is 0 Å². The van der Waals surface area contributed by atoms with Crippen LogP contribution in [0.3, 0.4) is 0 Å². The second kappa shape index (κ2) is 13.6. The lowest BCUT2D eigenvalue weighted by Crippen LogP contribution is -2.47. The summed E-state index contributed by atoms with van der Waals surface area (Å²) in [5.41, 5.74) is 1.47. The van der Waals surface area contributed by atoms with Gasteiger partial charge in [0.15, 0.2) is 0 Å². The third-order valence-corrected chi connectivity index (χ3v) is 7.11. The van der Waals surface area contributed by atoms with Gasteiger partial charge in [0.1, 0.15) is 5.82 Å². The molecule has 0 spiro atoms. The van der Waals surface area contributed by atoms with E-state index in [1.165, 1.54) is 12.1 Å². The van der Waals surface area contributed by atoms with Gasteiger partial charge >= 0.3 is 6.18 Å². The molecular weight excluding hydrogens is 554 g/mol. The summed E-state index contributed by atoms with van der Waals surface area (Å²) in [6.45, 7) is 4.18. The summed E-state index contributed by atoms with van der Waals surface area (Å²) >= 11 is 6.20. The van der Waals surface area contributed by atoms with Crippen molar-refractivity contribution >= 4 is 34.8 Å². The number of amides is 2. The van der Waals surface area contributed by atoms with Crippen LogP contribution in [0.4, 0.5) is 28.9 Å². The minimum atomic E-state index is -4.20. The molecule has 4 rings (SSSR count). The Morgan fingerprint density at radius 1 is 0.975 bits per heavy atom. The Bertz CT molecular complexity index is 1190. The van der Waals surface area contributed by atoms with Gasteiger partial charge in [0, 0.05) is 57.4 Å². The van der Waals surface area contributed by atoms with Gasteiger partial charge < -0.3 is 25.2 Å². The van der Waals surface area contributed by atoms with Crippen LogP contribution >= 0.6 is 11.6 Å². The van der Waals surface area contributed by atoms with Crippen molar-refractivity contribution in [1.82, 2.24) is 15.1 Å². The Hall–Kier alpha value is -2.93. The van der Waals surface area contributed by atoms with Crippen molar-refractivity contribution < 1.29 is 31.9 Å². The molecule has 2 aliphatic heterocycles. The predicted molar refractivity (Wildman–Crippen MR) is 144 cm³/mol. The van der Waals surface area contributed by atoms with E-state index in [-0.39, 0.29) is 31.1 Å². The number of carbonyl (C=O) groups is 2. The molecule has 0 radical (unpaired) electrons. The van der Waals surface area contributed by atoms with Crippen LogP contribution in [0.15, 0.2) is 36.4 Å². The van der Waals surface area contributed by atoms with E-state index in [1.54, 1.807) is 34.1 Å². The minimum Gasteiger partial charge on any atom is -0.378 e. The van der Waals surface area contributed by atoms with E-state index >= 15 is 0 Å². The molecule has 0 aliphatic carbocycles. The number of halogens is 5. The molecule has 218 valence electrons. The Morgan fingerprint density at radius 3 is 2.38 bits per heavy atom. The van der Waals surface area contributed by atoms with Crippen molar-refractivity contribution in [3.63, 3.8) is 0 Å². The predicted octanol–water partition coefficient (Wildman–Crippen LogP) is 3.75. The molecule has 0 aromatic heterocycles. The average molecular weight is 586 g/mol. The van der Waals surface area contributed by atoms with Crippen LogP contribution in [-0.4, -0.2) is 93.4 Å². The standard InChI is InChI=1S/C27H32ClF4N5O3/c28-20-2-4-23(24(16-20)36-9-7-35(8-10-36)6-5-27(30,31)32)34-26(39)21-3-1-19(15-22(21)29)17-33-18-25(38)37-11-13-40-14-12-37/h1-4,15-16,33H,5-14,17-18H2,(H,34,39). The van der Waals surface area contributed by atoms with E-state index in [0.29, 0.717) is 74.4 Å². The first-order chi connectivity index (χ1) is 19.1. The highest BCUT2D eigenvalue weighted by atomic mass is 35.5. The summed E-state index contributed by atoms with van der Waals surface area (Å²) in [7, 11) is 0. The number of ether oxygens (including phenoxy) is 1. The fourth-order valence-electron chi connectivity index (χ4n) is 4.65. The summed E-state index contributed by atoms with van der Waals surface area (Å²) < 4.78 is 57.9. The molecule has 2 heterocycles. The molecule has 2 aliphatic rings. The van der Waals surface area contributed by atoms with Gasteiger partial charge in [0.2, 0.25) is 5.91 Å². The lowest BCUT2D eigenvalue weighted by Gasteiger charge is -2.37. The number of nitrogens with zero attached hydrogens (tertiary/aromatic N) is 3. The molecule has 2 aromatic rings. The lowest BCUT2D eigenvalue weighted by molar-refractivity contribution is -0.138. The highest BCUT2D eigenvalue weighted by Gasteiger charge is 2.29. The Labute approximate surface area is 235 Å². The summed E-state index contributed by atoms with van der Waals surface area (Å²) in [6.07, 6.45) is -5.06. The first-order valence-corrected chi connectivity index (χ1v) is 13.5. The minimum absolute atomic E-state index is 0.0544. The summed E-state index contributed by atoms with van der Waals surface area (Å²) in [5.74, 6) is -1.40. The highest BCUT2D eigenvalue weighted by Crippen LogP contribution is 2.31. The van der Waals surface area contributed by atoms with E-state index in [4.69, 9.17) is 16.3 Å². The molecule has 2 amide bonds. The molecule has 0 saturated carbocycles. The number of nitrogens with one attached hydrogen (secondary N) is 2. The Balaban J connectivity index is 1.33. The van der Waals surface area contributed by atoms with Crippen molar-refractivity contribution in [3.05, 3.63) is 58.4 Å². The molecule has 2 fully saturated rings. The van der Waals surface area contributed by atoms with E-state index in [9.17, 15) is 27.2 Å². The zero-order chi connectivity index (χ0) is 28.7. The van der Waals surface area contributed by atoms with Gasteiger partial charge in [0.25, 0.3) is 5.91 Å². The molecule has 2 aromatic carbocycles. The second-order valence-electron chi connectivity index (χ2n) is 9.72. The zero-order valence-corrected chi connectivity index (χ0v) is 22.7. The maximum absolute atomic E-state index is 14.9. The number of hydrogen-bond donors (Lipinski definition) is 2. The largest absolute Gasteiger partial charge is 0.390 e. The second-order valence-corrected chi connectivity index (χ2v) is 10.2. The number of alkyl halides is 3. The Morgan fingerprint density at radius 2 is 1.70 bits per heavy atom. The number of anilines is 2. The molecular formula is C27H32ClF4N5O3. The van der Waals surface area contributed by atoms with Crippen LogP contribution in [0.5, 0.6) is 0 Å². The van der Waals surface area contributed by atoms with E-state index < -0.39 is 24.3 Å². The van der Waals surface area contributed by atoms with E-state index in [2.05, 4.69) is 10.6 Å². The van der Waals surface area contributed by atoms with Crippen LogP contribution in [0.25, 0.3) is 0 Å². The molecule has 13 heteroatoms. The maximum Gasteiger partial charge on any atom is 0.390 e. The smallest absolute Gasteiger partial charge is 0.378 e. The van der Waals surface area contributed by atoms with Gasteiger partial charge in [0.05, 0.1) is 43.1 Å². The first kappa shape index (κ1) is 30.0. The number of piperazine rings is 1. The van der Waals surface area contributed by atoms with Gasteiger partial charge in [-0.1, -0.05) is 17.7 Å². The summed E-state index contributed by atoms with van der Waals surface area (Å²) in [5, 5.41) is 6.18. The third-order valence-electron chi connectivity index (χ3n) is 6.88. The van der Waals surface area contributed by atoms with Crippen LogP contribution in [0.1, 0.15) is 22.3 Å². The number of carbonyl (C=O) groups excluding carboxylic acids is 2. The monoisotopic (exact) mass is 585 g/mol. The number of morpholine rings is 1. The average Bonchev–Trinajstić information content (AvgIpc) is 2.93. The van der Waals surface area contributed by atoms with Gasteiger partial charge in [-0.25, -0.2) is 4.39 Å². The molecule has 0 unspecified atom stereocenters. The van der Waals surface area contributed by atoms with Crippen LogP contribution in [0.2, 0.25) is 5.02 Å². The SMILES string of the molecule is O=C(Nc1ccc(Cl)cc1N1CCN(CCC(F)(F)F)CC1)c1ccc(CNCC(=O)N2CCOCC2)cc1F. The lowest BCUT2D eigenvalue weighted by atomic mass is 10.1. The normalized spacial score (nSPS) is 16.7. The number of rotatable bonds is 9. The topological polar surface area (TPSA) is 77.2 Å². The van der Waals surface area contributed by atoms with E-state index in [0.717, 1.165) is 0 Å². The number of benzene rings is 2. The van der Waals surface area contributed by atoms with Crippen LogP contribution < -0.4 is 15.5 Å². The van der Waals surface area contributed by atoms with Crippen molar-refractivity contribution in [2.24, 2.45) is 0 Å². The van der Waals surface area contributed by atoms with Crippen molar-refractivity contribution in [3.8, 4) is 0 Å². The first-order valence-electron chi connectivity index (χ1n) is 13.1. The number of hydrogen-bond acceptors (Lipinski definition) is 6. The van der Waals surface area contributed by atoms with Crippen molar-refractivity contribution in [2.45, 2.75) is 19.1 Å². The van der Waals surface area contributed by atoms with Gasteiger partial charge in [-0.3, -0.25) is 14.5 Å². The van der Waals surface area contributed by atoms with Crippen LogP contribution in [-0.2, 0) is 16.1 Å². The molecule has 2 saturated heterocycles. The molecule has 40 heavy (non-hydrogen) atoms. The maximum atomic E-state index is 14.9. The van der Waals surface area contributed by atoms with Crippen LogP contribution in [0, 0.1) is 5.82 Å². The molecule has 0 bridgehead atoms. The van der Waals surface area contributed by atoms with E-state index in [1.807, 2.05) is 4.90 Å².